The number of hydrogen-bond donors (Lipinski definition) is 1. The molecule has 3 heterocycles. The molecule has 0 saturated carbocycles. The smallest absolute Gasteiger partial charge is 0.335 e. The quantitative estimate of drug-likeness (QED) is 0.492. The van der Waals surface area contributed by atoms with Crippen LogP contribution < -0.4 is 5.32 Å². The van der Waals surface area contributed by atoms with Crippen LogP contribution in [0, 0.1) is 6.92 Å². The highest BCUT2D eigenvalue weighted by molar-refractivity contribution is 6.04. The summed E-state index contributed by atoms with van der Waals surface area (Å²) in [6.07, 6.45) is -5.41. The van der Waals surface area contributed by atoms with Crippen molar-refractivity contribution in [2.45, 2.75) is 19.3 Å². The van der Waals surface area contributed by atoms with Gasteiger partial charge in [-0.2, -0.15) is 18.2 Å². The zero-order chi connectivity index (χ0) is 21.5. The van der Waals surface area contributed by atoms with Crippen molar-refractivity contribution in [1.29, 1.82) is 0 Å². The third-order valence-electron chi connectivity index (χ3n) is 4.34. The van der Waals surface area contributed by atoms with Crippen LogP contribution in [0.25, 0.3) is 17.0 Å². The summed E-state index contributed by atoms with van der Waals surface area (Å²) in [5.74, 6) is -1.86. The van der Waals surface area contributed by atoms with Crippen molar-refractivity contribution < 1.29 is 26.9 Å². The third-order valence-corrected chi connectivity index (χ3v) is 4.34. The van der Waals surface area contributed by atoms with E-state index in [4.69, 9.17) is 0 Å². The van der Waals surface area contributed by atoms with Gasteiger partial charge in [0, 0.05) is 17.4 Å². The third kappa shape index (κ3) is 3.61. The number of anilines is 1. The molecule has 7 nitrogen and oxygen atoms in total. The number of nitrogens with zero attached hydrogens (tertiary/aromatic N) is 4. The van der Waals surface area contributed by atoms with Gasteiger partial charge in [-0.15, -0.1) is 0 Å². The Morgan fingerprint density at radius 3 is 2.80 bits per heavy atom. The van der Waals surface area contributed by atoms with Gasteiger partial charge in [0.15, 0.2) is 0 Å². The van der Waals surface area contributed by atoms with Crippen LogP contribution in [0.1, 0.15) is 28.1 Å². The lowest BCUT2D eigenvalue weighted by Crippen LogP contribution is -2.16. The Balaban J connectivity index is 1.61. The number of hydrogen-bond acceptors (Lipinski definition) is 5. The zero-order valence-corrected chi connectivity index (χ0v) is 15.3. The van der Waals surface area contributed by atoms with Gasteiger partial charge in [-0.05, 0) is 30.7 Å². The van der Waals surface area contributed by atoms with Gasteiger partial charge < -0.3 is 9.84 Å². The summed E-state index contributed by atoms with van der Waals surface area (Å²) in [5.41, 5.74) is 2.20. The average Bonchev–Trinajstić information content (AvgIpc) is 3.35. The van der Waals surface area contributed by atoms with Crippen molar-refractivity contribution in [3.05, 3.63) is 65.9 Å². The van der Waals surface area contributed by atoms with E-state index in [9.17, 15) is 22.4 Å². The standard InChI is InChI=1S/C19H13F4N5O2/c1-10-5-6-11(16-26-18(30-27-16)15(20)19(21,22)23)8-12(10)25-17(29)13-9-24-14-4-2-3-7-28(13)14/h2-9,15H,1H3,(H,25,29). The van der Waals surface area contributed by atoms with E-state index in [2.05, 4.69) is 25.0 Å². The number of amides is 1. The molecule has 0 aliphatic carbocycles. The number of fused-ring (bicyclic) bond motifs is 1. The average molecular weight is 419 g/mol. The highest BCUT2D eigenvalue weighted by Crippen LogP contribution is 2.36. The van der Waals surface area contributed by atoms with Gasteiger partial charge in [0.05, 0.1) is 6.20 Å². The van der Waals surface area contributed by atoms with E-state index in [0.29, 0.717) is 22.6 Å². The molecule has 30 heavy (non-hydrogen) atoms. The van der Waals surface area contributed by atoms with Crippen LogP contribution in [0.3, 0.4) is 0 Å². The lowest BCUT2D eigenvalue weighted by molar-refractivity contribution is -0.189. The lowest BCUT2D eigenvalue weighted by Gasteiger charge is -2.09. The van der Waals surface area contributed by atoms with Crippen LogP contribution in [0.15, 0.2) is 53.3 Å². The lowest BCUT2D eigenvalue weighted by atomic mass is 10.1. The molecule has 0 spiro atoms. The van der Waals surface area contributed by atoms with Crippen LogP contribution in [0.5, 0.6) is 0 Å². The number of benzene rings is 1. The monoisotopic (exact) mass is 419 g/mol. The van der Waals surface area contributed by atoms with Gasteiger partial charge >= 0.3 is 6.18 Å². The first-order valence-corrected chi connectivity index (χ1v) is 8.63. The molecule has 0 aliphatic heterocycles. The van der Waals surface area contributed by atoms with E-state index >= 15 is 0 Å². The van der Waals surface area contributed by atoms with Gasteiger partial charge in [0.1, 0.15) is 11.3 Å². The molecular formula is C19H13F4N5O2. The molecule has 1 unspecified atom stereocenters. The Hall–Kier alpha value is -3.76. The number of alkyl halides is 4. The predicted molar refractivity (Wildman–Crippen MR) is 97.5 cm³/mol. The number of aryl methyl sites for hydroxylation is 1. The fraction of sp³-hybridized carbons (Fsp3) is 0.158. The molecule has 154 valence electrons. The highest BCUT2D eigenvalue weighted by atomic mass is 19.4. The number of imidazole rings is 1. The van der Waals surface area contributed by atoms with Crippen LogP contribution >= 0.6 is 0 Å². The molecular weight excluding hydrogens is 406 g/mol. The minimum atomic E-state index is -5.15. The minimum absolute atomic E-state index is 0.234. The van der Waals surface area contributed by atoms with Crippen molar-refractivity contribution in [3.8, 4) is 11.4 Å². The number of nitrogens with one attached hydrogen (secondary N) is 1. The Labute approximate surface area is 166 Å². The van der Waals surface area contributed by atoms with Gasteiger partial charge in [0.25, 0.3) is 18.0 Å². The molecule has 0 radical (unpaired) electrons. The zero-order valence-electron chi connectivity index (χ0n) is 15.3. The van der Waals surface area contributed by atoms with E-state index in [1.165, 1.54) is 18.3 Å². The second-order valence-corrected chi connectivity index (χ2v) is 6.42. The summed E-state index contributed by atoms with van der Waals surface area (Å²) in [6, 6.07) is 9.89. The molecule has 4 aromatic rings. The molecule has 11 heteroatoms. The fourth-order valence-electron chi connectivity index (χ4n) is 2.78. The summed E-state index contributed by atoms with van der Waals surface area (Å²) in [4.78, 5) is 20.3. The van der Waals surface area contributed by atoms with Crippen molar-refractivity contribution in [1.82, 2.24) is 19.5 Å². The molecule has 0 bridgehead atoms. The molecule has 1 amide bonds. The molecule has 1 atom stereocenters. The van der Waals surface area contributed by atoms with Crippen LogP contribution in [0.2, 0.25) is 0 Å². The maximum Gasteiger partial charge on any atom is 0.428 e. The molecule has 1 N–H and O–H groups in total. The van der Waals surface area contributed by atoms with Crippen LogP contribution in [-0.2, 0) is 0 Å². The SMILES string of the molecule is Cc1ccc(-c2noc(C(F)C(F)(F)F)n2)cc1NC(=O)c1cnc2ccccn12. The number of aromatic nitrogens is 4. The number of carbonyl (C=O) groups excluding carboxylic acids is 1. The first-order valence-electron chi connectivity index (χ1n) is 8.63. The summed E-state index contributed by atoms with van der Waals surface area (Å²) in [6.45, 7) is 1.73. The second kappa shape index (κ2) is 7.25. The number of pyridine rings is 1. The second-order valence-electron chi connectivity index (χ2n) is 6.42. The van der Waals surface area contributed by atoms with Crippen molar-refractivity contribution in [2.75, 3.05) is 5.32 Å². The maximum atomic E-state index is 13.4. The predicted octanol–water partition coefficient (Wildman–Crippen LogP) is 4.52. The van der Waals surface area contributed by atoms with Gasteiger partial charge in [-0.1, -0.05) is 23.4 Å². The fourth-order valence-corrected chi connectivity index (χ4v) is 2.78. The first kappa shape index (κ1) is 19.6. The summed E-state index contributed by atoms with van der Waals surface area (Å²) < 4.78 is 56.9. The first-order chi connectivity index (χ1) is 14.2. The molecule has 1 aromatic carbocycles. The van der Waals surface area contributed by atoms with E-state index in [-0.39, 0.29) is 11.4 Å². The molecule has 0 saturated heterocycles. The minimum Gasteiger partial charge on any atom is -0.335 e. The summed E-state index contributed by atoms with van der Waals surface area (Å²) in [7, 11) is 0. The number of rotatable bonds is 4. The van der Waals surface area contributed by atoms with Crippen LogP contribution in [-0.4, -0.2) is 31.6 Å². The van der Waals surface area contributed by atoms with E-state index in [0.717, 1.165) is 0 Å². The van der Waals surface area contributed by atoms with Crippen molar-refractivity contribution in [2.24, 2.45) is 0 Å². The Morgan fingerprint density at radius 2 is 2.03 bits per heavy atom. The maximum absolute atomic E-state index is 13.4. The number of carbonyl (C=O) groups is 1. The van der Waals surface area contributed by atoms with Gasteiger partial charge in [0.2, 0.25) is 5.82 Å². The molecule has 0 fully saturated rings. The molecule has 4 rings (SSSR count). The molecule has 3 aromatic heterocycles. The van der Waals surface area contributed by atoms with Gasteiger partial charge in [-0.3, -0.25) is 9.20 Å². The Bertz CT molecular complexity index is 1230. The summed E-state index contributed by atoms with van der Waals surface area (Å²) >= 11 is 0. The largest absolute Gasteiger partial charge is 0.428 e. The number of halogens is 4. The highest BCUT2D eigenvalue weighted by Gasteiger charge is 2.45. The van der Waals surface area contributed by atoms with Gasteiger partial charge in [-0.25, -0.2) is 9.37 Å². The Morgan fingerprint density at radius 1 is 1.23 bits per heavy atom. The van der Waals surface area contributed by atoms with Crippen LogP contribution in [0.4, 0.5) is 23.2 Å². The van der Waals surface area contributed by atoms with E-state index < -0.39 is 24.1 Å². The van der Waals surface area contributed by atoms with E-state index in [1.54, 1.807) is 41.8 Å². The Kier molecular flexibility index (Phi) is 4.72. The normalized spacial score (nSPS) is 12.8. The van der Waals surface area contributed by atoms with E-state index in [1.807, 2.05) is 0 Å². The van der Waals surface area contributed by atoms with Crippen molar-refractivity contribution >= 4 is 17.2 Å². The van der Waals surface area contributed by atoms with Crippen molar-refractivity contribution in [3.63, 3.8) is 0 Å². The topological polar surface area (TPSA) is 85.3 Å². The summed E-state index contributed by atoms with van der Waals surface area (Å²) in [5, 5.41) is 6.14. The molecule has 0 aliphatic rings.